The molecule has 7 nitrogen and oxygen atoms in total. The fourth-order valence-electron chi connectivity index (χ4n) is 3.44. The summed E-state index contributed by atoms with van der Waals surface area (Å²) in [6, 6.07) is 9.41. The Hall–Kier alpha value is -2.58. The minimum atomic E-state index is -0.381. The van der Waals surface area contributed by atoms with Crippen molar-refractivity contribution >= 4 is 28.8 Å². The summed E-state index contributed by atoms with van der Waals surface area (Å²) in [5, 5.41) is 5.67. The van der Waals surface area contributed by atoms with Gasteiger partial charge in [0.15, 0.2) is 5.17 Å². The normalized spacial score (nSPS) is 18.2. The molecule has 1 aromatic rings. The molecule has 2 heterocycles. The Labute approximate surface area is 181 Å². The number of thioether (sulfide) groups is 1. The van der Waals surface area contributed by atoms with E-state index in [0.717, 1.165) is 23.0 Å². The van der Waals surface area contributed by atoms with Gasteiger partial charge in [-0.3, -0.25) is 4.79 Å². The van der Waals surface area contributed by atoms with Gasteiger partial charge in [0.2, 0.25) is 5.91 Å². The average Bonchev–Trinajstić information content (AvgIpc) is 3.09. The molecule has 1 amide bonds. The van der Waals surface area contributed by atoms with E-state index in [2.05, 4.69) is 10.3 Å². The van der Waals surface area contributed by atoms with E-state index < -0.39 is 0 Å². The first-order valence-electron chi connectivity index (χ1n) is 10.00. The molecule has 2 aliphatic rings. The first-order valence-corrected chi connectivity index (χ1v) is 10.9. The quantitative estimate of drug-likeness (QED) is 0.642. The van der Waals surface area contributed by atoms with Gasteiger partial charge in [-0.1, -0.05) is 42.1 Å². The number of nitrogens with one attached hydrogen (secondary N) is 1. The first-order chi connectivity index (χ1) is 14.4. The van der Waals surface area contributed by atoms with Crippen molar-refractivity contribution in [1.82, 2.24) is 15.1 Å². The largest absolute Gasteiger partial charge is 0.463 e. The Morgan fingerprint density at radius 1 is 1.27 bits per heavy atom. The number of amides is 1. The van der Waals surface area contributed by atoms with Crippen LogP contribution in [0.5, 0.6) is 0 Å². The lowest BCUT2D eigenvalue weighted by atomic mass is 9.94. The summed E-state index contributed by atoms with van der Waals surface area (Å²) in [5.41, 5.74) is 2.93. The Morgan fingerprint density at radius 3 is 2.67 bits per heavy atom. The van der Waals surface area contributed by atoms with Crippen molar-refractivity contribution in [2.24, 2.45) is 4.99 Å². The summed E-state index contributed by atoms with van der Waals surface area (Å²) in [6.45, 7) is 5.27. The Balaban J connectivity index is 1.89. The van der Waals surface area contributed by atoms with Crippen LogP contribution < -0.4 is 5.32 Å². The van der Waals surface area contributed by atoms with Gasteiger partial charge in [0.25, 0.3) is 0 Å². The van der Waals surface area contributed by atoms with Crippen molar-refractivity contribution < 1.29 is 14.3 Å². The summed E-state index contributed by atoms with van der Waals surface area (Å²) in [6.07, 6.45) is 0.220. The lowest BCUT2D eigenvalue weighted by Crippen LogP contribution is -2.38. The number of amidine groups is 1. The molecule has 3 rings (SSSR count). The zero-order chi connectivity index (χ0) is 21.7. The van der Waals surface area contributed by atoms with Gasteiger partial charge in [-0.25, -0.2) is 9.79 Å². The predicted octanol–water partition coefficient (Wildman–Crippen LogP) is 2.89. The highest BCUT2D eigenvalue weighted by atomic mass is 32.2. The molecule has 0 radical (unpaired) electrons. The maximum Gasteiger partial charge on any atom is 0.338 e. The van der Waals surface area contributed by atoms with Crippen LogP contribution in [0, 0.1) is 0 Å². The van der Waals surface area contributed by atoms with Crippen LogP contribution in [0.3, 0.4) is 0 Å². The maximum atomic E-state index is 12.8. The summed E-state index contributed by atoms with van der Waals surface area (Å²) in [5.74, 6) is -0.431. The molecular weight excluding hydrogens is 400 g/mol. The molecule has 160 valence electrons. The van der Waals surface area contributed by atoms with Crippen LogP contribution in [0.4, 0.5) is 0 Å². The average molecular weight is 429 g/mol. The zero-order valence-electron chi connectivity index (χ0n) is 17.8. The van der Waals surface area contributed by atoms with E-state index in [1.807, 2.05) is 66.6 Å². The molecule has 8 heteroatoms. The number of carbonyl (C=O) groups excluding carboxylic acids is 2. The minimum Gasteiger partial charge on any atom is -0.463 e. The SMILES string of the molecule is CCOC(=O)C1=C(C)N=C2SC=C(CC(=O)NCCN(C)C)N2C1c1ccccc1. The van der Waals surface area contributed by atoms with Crippen molar-refractivity contribution in [2.45, 2.75) is 26.3 Å². The molecule has 2 aliphatic heterocycles. The van der Waals surface area contributed by atoms with Gasteiger partial charge in [0, 0.05) is 18.8 Å². The monoisotopic (exact) mass is 428 g/mol. The Kier molecular flexibility index (Phi) is 7.33. The number of fused-ring (bicyclic) bond motifs is 1. The van der Waals surface area contributed by atoms with Gasteiger partial charge >= 0.3 is 5.97 Å². The molecule has 0 aromatic heterocycles. The molecule has 30 heavy (non-hydrogen) atoms. The number of nitrogens with zero attached hydrogens (tertiary/aromatic N) is 3. The number of rotatable bonds is 8. The van der Waals surface area contributed by atoms with Crippen LogP contribution in [0.15, 0.2) is 57.7 Å². The van der Waals surface area contributed by atoms with Gasteiger partial charge in [-0.2, -0.15) is 0 Å². The number of carbonyl (C=O) groups is 2. The maximum absolute atomic E-state index is 12.8. The zero-order valence-corrected chi connectivity index (χ0v) is 18.7. The lowest BCUT2D eigenvalue weighted by Gasteiger charge is -2.36. The van der Waals surface area contributed by atoms with Crippen LogP contribution in [0.25, 0.3) is 0 Å². The first kappa shape index (κ1) is 22.1. The van der Waals surface area contributed by atoms with Crippen LogP contribution in [-0.4, -0.2) is 60.6 Å². The van der Waals surface area contributed by atoms with Crippen molar-refractivity contribution in [3.05, 3.63) is 58.3 Å². The Morgan fingerprint density at radius 2 is 2.00 bits per heavy atom. The fraction of sp³-hybridized carbons (Fsp3) is 0.409. The van der Waals surface area contributed by atoms with Gasteiger partial charge in [0.1, 0.15) is 0 Å². The highest BCUT2D eigenvalue weighted by Gasteiger charge is 2.40. The molecular formula is C22H28N4O3S. The van der Waals surface area contributed by atoms with E-state index >= 15 is 0 Å². The van der Waals surface area contributed by atoms with Crippen LogP contribution in [0.2, 0.25) is 0 Å². The van der Waals surface area contributed by atoms with E-state index in [1.165, 1.54) is 11.8 Å². The van der Waals surface area contributed by atoms with Gasteiger partial charge in [0.05, 0.1) is 30.3 Å². The summed E-state index contributed by atoms with van der Waals surface area (Å²) >= 11 is 1.47. The van der Waals surface area contributed by atoms with Crippen molar-refractivity contribution in [3.8, 4) is 0 Å². The summed E-state index contributed by atoms with van der Waals surface area (Å²) in [4.78, 5) is 34.0. The molecule has 1 unspecified atom stereocenters. The minimum absolute atomic E-state index is 0.0549. The van der Waals surface area contributed by atoms with E-state index in [4.69, 9.17) is 4.74 Å². The predicted molar refractivity (Wildman–Crippen MR) is 120 cm³/mol. The molecule has 1 N–H and O–H groups in total. The van der Waals surface area contributed by atoms with E-state index in [0.29, 0.717) is 24.4 Å². The standard InChI is InChI=1S/C22H28N4O3S/c1-5-29-21(28)19-15(2)24-22-26(20(19)16-9-7-6-8-10-16)17(14-30-22)13-18(27)23-11-12-25(3)4/h6-10,14,20H,5,11-13H2,1-4H3,(H,23,27). The van der Waals surface area contributed by atoms with Gasteiger partial charge in [-0.15, -0.1) is 0 Å². The molecule has 0 spiro atoms. The number of ether oxygens (including phenoxy) is 1. The lowest BCUT2D eigenvalue weighted by molar-refractivity contribution is -0.139. The van der Waals surface area contributed by atoms with Gasteiger partial charge < -0.3 is 19.9 Å². The molecule has 0 aliphatic carbocycles. The van der Waals surface area contributed by atoms with E-state index in [9.17, 15) is 9.59 Å². The third-order valence-electron chi connectivity index (χ3n) is 4.83. The highest BCUT2D eigenvalue weighted by molar-refractivity contribution is 8.16. The second-order valence-electron chi connectivity index (χ2n) is 7.35. The molecule has 0 fully saturated rings. The fourth-order valence-corrected chi connectivity index (χ4v) is 4.40. The van der Waals surface area contributed by atoms with Crippen LogP contribution in [-0.2, 0) is 14.3 Å². The summed E-state index contributed by atoms with van der Waals surface area (Å²) < 4.78 is 5.34. The number of benzene rings is 1. The number of allylic oxidation sites excluding steroid dienone is 1. The number of hydrogen-bond donors (Lipinski definition) is 1. The number of likely N-dealkylation sites (N-methyl/N-ethyl adjacent to an activating group) is 1. The smallest absolute Gasteiger partial charge is 0.338 e. The molecule has 1 aromatic carbocycles. The number of hydrogen-bond acceptors (Lipinski definition) is 7. The molecule has 1 atom stereocenters. The topological polar surface area (TPSA) is 74.2 Å². The van der Waals surface area contributed by atoms with Crippen molar-refractivity contribution in [3.63, 3.8) is 0 Å². The van der Waals surface area contributed by atoms with Crippen molar-refractivity contribution in [2.75, 3.05) is 33.8 Å². The number of aliphatic imine (C=N–C) groups is 1. The van der Waals surface area contributed by atoms with E-state index in [1.54, 1.807) is 6.92 Å². The third-order valence-corrected chi connectivity index (χ3v) is 5.72. The van der Waals surface area contributed by atoms with Crippen molar-refractivity contribution in [1.29, 1.82) is 0 Å². The van der Waals surface area contributed by atoms with Crippen LogP contribution >= 0.6 is 11.8 Å². The third kappa shape index (κ3) is 4.94. The van der Waals surface area contributed by atoms with Gasteiger partial charge in [-0.05, 0) is 38.9 Å². The second kappa shape index (κ2) is 9.95. The van der Waals surface area contributed by atoms with Crippen LogP contribution in [0.1, 0.15) is 31.9 Å². The Bertz CT molecular complexity index is 893. The molecule has 0 saturated heterocycles. The van der Waals surface area contributed by atoms with E-state index in [-0.39, 0.29) is 24.3 Å². The molecule has 0 bridgehead atoms. The molecule has 0 saturated carbocycles. The highest BCUT2D eigenvalue weighted by Crippen LogP contribution is 2.44. The number of esters is 1. The second-order valence-corrected chi connectivity index (χ2v) is 8.19. The summed E-state index contributed by atoms with van der Waals surface area (Å²) in [7, 11) is 3.93.